The Morgan fingerprint density at radius 1 is 1.20 bits per heavy atom. The molecule has 1 heterocycles. The van der Waals surface area contributed by atoms with Crippen LogP contribution in [0.2, 0.25) is 0 Å². The molecule has 0 radical (unpaired) electrons. The quantitative estimate of drug-likeness (QED) is 0.807. The molecule has 0 spiro atoms. The Labute approximate surface area is 92.3 Å². The maximum absolute atomic E-state index is 11.2. The van der Waals surface area contributed by atoms with Crippen LogP contribution in [-0.4, -0.2) is 19.7 Å². The highest BCUT2D eigenvalue weighted by Crippen LogP contribution is 2.22. The van der Waals surface area contributed by atoms with E-state index in [-0.39, 0.29) is 0 Å². The van der Waals surface area contributed by atoms with Gasteiger partial charge in [0.1, 0.15) is 5.01 Å². The summed E-state index contributed by atoms with van der Waals surface area (Å²) in [6.07, 6.45) is 2.93. The topological polar surface area (TPSA) is 47.0 Å². The summed E-state index contributed by atoms with van der Waals surface area (Å²) >= 11 is 1.53. The number of aromatic nitrogens is 1. The molecule has 3 nitrogen and oxygen atoms in total. The molecule has 2 rings (SSSR count). The van der Waals surface area contributed by atoms with E-state index in [4.69, 9.17) is 0 Å². The zero-order chi connectivity index (χ0) is 10.9. The predicted octanol–water partition coefficient (Wildman–Crippen LogP) is 2.21. The molecule has 0 aliphatic heterocycles. The van der Waals surface area contributed by atoms with Gasteiger partial charge >= 0.3 is 0 Å². The van der Waals surface area contributed by atoms with E-state index >= 15 is 0 Å². The zero-order valence-electron chi connectivity index (χ0n) is 8.04. The average molecular weight is 239 g/mol. The maximum Gasteiger partial charge on any atom is 0.175 e. The Kier molecular flexibility index (Phi) is 2.58. The van der Waals surface area contributed by atoms with Crippen molar-refractivity contribution >= 4 is 21.2 Å². The van der Waals surface area contributed by atoms with Crippen LogP contribution in [0.3, 0.4) is 0 Å². The summed E-state index contributed by atoms with van der Waals surface area (Å²) in [5.41, 5.74) is 0.942. The van der Waals surface area contributed by atoms with Gasteiger partial charge < -0.3 is 0 Å². The van der Waals surface area contributed by atoms with Crippen LogP contribution >= 0.6 is 11.3 Å². The van der Waals surface area contributed by atoms with E-state index < -0.39 is 9.84 Å². The van der Waals surface area contributed by atoms with Crippen LogP contribution in [-0.2, 0) is 9.84 Å². The number of hydrogen-bond acceptors (Lipinski definition) is 4. The van der Waals surface area contributed by atoms with Gasteiger partial charge in [-0.3, -0.25) is 0 Å². The largest absolute Gasteiger partial charge is 0.245 e. The fourth-order valence-electron chi connectivity index (χ4n) is 1.21. The van der Waals surface area contributed by atoms with Crippen molar-refractivity contribution in [1.82, 2.24) is 4.98 Å². The van der Waals surface area contributed by atoms with Gasteiger partial charge in [-0.25, -0.2) is 13.4 Å². The van der Waals surface area contributed by atoms with Crippen molar-refractivity contribution in [3.8, 4) is 10.6 Å². The molecule has 78 valence electrons. The van der Waals surface area contributed by atoms with E-state index in [0.717, 1.165) is 10.6 Å². The van der Waals surface area contributed by atoms with Gasteiger partial charge in [-0.2, -0.15) is 0 Å². The van der Waals surface area contributed by atoms with E-state index in [1.807, 2.05) is 5.38 Å². The molecule has 0 saturated heterocycles. The second kappa shape index (κ2) is 3.75. The summed E-state index contributed by atoms with van der Waals surface area (Å²) in [6, 6.07) is 6.75. The Morgan fingerprint density at radius 3 is 2.33 bits per heavy atom. The summed E-state index contributed by atoms with van der Waals surface area (Å²) in [5.74, 6) is 0. The summed E-state index contributed by atoms with van der Waals surface area (Å²) < 4.78 is 22.4. The molecule has 0 saturated carbocycles. The lowest BCUT2D eigenvalue weighted by molar-refractivity contribution is 0.602. The van der Waals surface area contributed by atoms with E-state index in [2.05, 4.69) is 4.98 Å². The van der Waals surface area contributed by atoms with Crippen LogP contribution in [0.15, 0.2) is 40.7 Å². The molecule has 0 aliphatic rings. The molecule has 0 N–H and O–H groups in total. The van der Waals surface area contributed by atoms with Crippen molar-refractivity contribution < 1.29 is 8.42 Å². The fourth-order valence-corrected chi connectivity index (χ4v) is 2.49. The maximum atomic E-state index is 11.2. The molecule has 0 atom stereocenters. The van der Waals surface area contributed by atoms with Crippen molar-refractivity contribution in [3.05, 3.63) is 35.8 Å². The summed E-state index contributed by atoms with van der Waals surface area (Å²) in [5, 5.41) is 2.79. The van der Waals surface area contributed by atoms with Crippen molar-refractivity contribution in [2.75, 3.05) is 6.26 Å². The Bertz CT molecular complexity index is 542. The SMILES string of the molecule is CS(=O)(=O)c1ccc(-c2nccs2)cc1. The second-order valence-electron chi connectivity index (χ2n) is 3.13. The molecular weight excluding hydrogens is 230 g/mol. The van der Waals surface area contributed by atoms with Gasteiger partial charge in [-0.1, -0.05) is 12.1 Å². The molecule has 5 heteroatoms. The summed E-state index contributed by atoms with van der Waals surface area (Å²) in [4.78, 5) is 4.48. The molecule has 1 aromatic heterocycles. The van der Waals surface area contributed by atoms with Gasteiger partial charge in [0, 0.05) is 23.4 Å². The monoisotopic (exact) mass is 239 g/mol. The first kappa shape index (κ1) is 10.3. The molecule has 0 fully saturated rings. The van der Waals surface area contributed by atoms with Gasteiger partial charge in [0.25, 0.3) is 0 Å². The minimum absolute atomic E-state index is 0.336. The van der Waals surface area contributed by atoms with E-state index in [9.17, 15) is 8.42 Å². The lowest BCUT2D eigenvalue weighted by Gasteiger charge is -1.99. The highest BCUT2D eigenvalue weighted by Gasteiger charge is 2.07. The molecular formula is C10H9NO2S2. The molecule has 1 aromatic carbocycles. The van der Waals surface area contributed by atoms with Crippen LogP contribution in [0.25, 0.3) is 10.6 Å². The molecule has 2 aromatic rings. The summed E-state index contributed by atoms with van der Waals surface area (Å²) in [6.45, 7) is 0. The number of sulfone groups is 1. The van der Waals surface area contributed by atoms with Gasteiger partial charge in [0.2, 0.25) is 0 Å². The van der Waals surface area contributed by atoms with E-state index in [0.29, 0.717) is 4.90 Å². The third-order valence-corrected chi connectivity index (χ3v) is 3.91. The zero-order valence-corrected chi connectivity index (χ0v) is 9.68. The lowest BCUT2D eigenvalue weighted by atomic mass is 10.2. The number of nitrogens with zero attached hydrogens (tertiary/aromatic N) is 1. The Hall–Kier alpha value is -1.20. The highest BCUT2D eigenvalue weighted by molar-refractivity contribution is 7.90. The first-order valence-electron chi connectivity index (χ1n) is 4.27. The van der Waals surface area contributed by atoms with Crippen molar-refractivity contribution in [1.29, 1.82) is 0 Å². The molecule has 15 heavy (non-hydrogen) atoms. The first-order valence-corrected chi connectivity index (χ1v) is 7.04. The normalized spacial score (nSPS) is 11.5. The number of benzene rings is 1. The predicted molar refractivity (Wildman–Crippen MR) is 60.7 cm³/mol. The van der Waals surface area contributed by atoms with Crippen LogP contribution in [0, 0.1) is 0 Å². The summed E-state index contributed by atoms with van der Waals surface area (Å²) in [7, 11) is -3.11. The lowest BCUT2D eigenvalue weighted by Crippen LogP contribution is -1.96. The number of thiazole rings is 1. The van der Waals surface area contributed by atoms with Crippen molar-refractivity contribution in [2.45, 2.75) is 4.90 Å². The first-order chi connectivity index (χ1) is 7.07. The van der Waals surface area contributed by atoms with Gasteiger partial charge in [-0.15, -0.1) is 11.3 Å². The van der Waals surface area contributed by atoms with Crippen LogP contribution in [0.5, 0.6) is 0 Å². The minimum atomic E-state index is -3.11. The minimum Gasteiger partial charge on any atom is -0.245 e. The van der Waals surface area contributed by atoms with E-state index in [1.54, 1.807) is 30.5 Å². The molecule has 0 aliphatic carbocycles. The molecule has 0 amide bonds. The number of rotatable bonds is 2. The third-order valence-electron chi connectivity index (χ3n) is 1.96. The molecule has 0 bridgehead atoms. The number of hydrogen-bond donors (Lipinski definition) is 0. The van der Waals surface area contributed by atoms with Gasteiger partial charge in [0.15, 0.2) is 9.84 Å². The van der Waals surface area contributed by atoms with Crippen molar-refractivity contribution in [3.63, 3.8) is 0 Å². The Morgan fingerprint density at radius 2 is 1.87 bits per heavy atom. The fraction of sp³-hybridized carbons (Fsp3) is 0.100. The van der Waals surface area contributed by atoms with Crippen molar-refractivity contribution in [2.24, 2.45) is 0 Å². The van der Waals surface area contributed by atoms with Gasteiger partial charge in [-0.05, 0) is 12.1 Å². The molecule has 0 unspecified atom stereocenters. The van der Waals surface area contributed by atoms with Gasteiger partial charge in [0.05, 0.1) is 4.90 Å². The average Bonchev–Trinajstić information content (AvgIpc) is 2.69. The third kappa shape index (κ3) is 2.24. The van der Waals surface area contributed by atoms with E-state index in [1.165, 1.54) is 17.6 Å². The van der Waals surface area contributed by atoms with Crippen LogP contribution in [0.4, 0.5) is 0 Å². The highest BCUT2D eigenvalue weighted by atomic mass is 32.2. The standard InChI is InChI=1S/C10H9NO2S2/c1-15(12,13)9-4-2-8(3-5-9)10-11-6-7-14-10/h2-7H,1H3. The van der Waals surface area contributed by atoms with Crippen LogP contribution in [0.1, 0.15) is 0 Å². The second-order valence-corrected chi connectivity index (χ2v) is 6.04. The smallest absolute Gasteiger partial charge is 0.175 e. The van der Waals surface area contributed by atoms with Crippen LogP contribution < -0.4 is 0 Å². The Balaban J connectivity index is 2.42.